The van der Waals surface area contributed by atoms with Gasteiger partial charge in [-0.3, -0.25) is 4.68 Å². The second-order valence-electron chi connectivity index (χ2n) is 4.67. The van der Waals surface area contributed by atoms with E-state index < -0.39 is 5.97 Å². The van der Waals surface area contributed by atoms with Gasteiger partial charge in [0, 0.05) is 12.0 Å². The third kappa shape index (κ3) is 2.21. The number of aromatic nitrogens is 2. The molecular weight excluding hydrogens is 244 g/mol. The van der Waals surface area contributed by atoms with E-state index in [0.29, 0.717) is 12.2 Å². The van der Waals surface area contributed by atoms with Gasteiger partial charge in [0.05, 0.1) is 25.3 Å². The van der Waals surface area contributed by atoms with Gasteiger partial charge in [0.2, 0.25) is 0 Å². The number of hydrogen-bond acceptors (Lipinski definition) is 4. The first kappa shape index (κ1) is 12.2. The number of benzene rings is 1. The maximum atomic E-state index is 11.7. The Morgan fingerprint density at radius 2 is 2.37 bits per heavy atom. The van der Waals surface area contributed by atoms with Crippen LogP contribution in [0.5, 0.6) is 0 Å². The van der Waals surface area contributed by atoms with E-state index in [4.69, 9.17) is 9.47 Å². The summed E-state index contributed by atoms with van der Waals surface area (Å²) in [6.45, 7) is 1.49. The van der Waals surface area contributed by atoms with Crippen LogP contribution in [0.2, 0.25) is 0 Å². The monoisotopic (exact) mass is 260 g/mol. The summed E-state index contributed by atoms with van der Waals surface area (Å²) >= 11 is 0. The van der Waals surface area contributed by atoms with Crippen LogP contribution in [-0.2, 0) is 16.0 Å². The molecule has 0 saturated carbocycles. The topological polar surface area (TPSA) is 53.3 Å². The van der Waals surface area contributed by atoms with Crippen molar-refractivity contribution in [3.63, 3.8) is 0 Å². The molecule has 1 aliphatic rings. The molecule has 1 aliphatic heterocycles. The van der Waals surface area contributed by atoms with Crippen molar-refractivity contribution in [2.75, 3.05) is 13.7 Å². The summed E-state index contributed by atoms with van der Waals surface area (Å²) in [6.07, 6.45) is 2.32. The Labute approximate surface area is 111 Å². The van der Waals surface area contributed by atoms with E-state index in [1.807, 2.05) is 28.9 Å². The van der Waals surface area contributed by atoms with Crippen LogP contribution in [0.25, 0.3) is 10.9 Å². The number of para-hydroxylation sites is 1. The largest absolute Gasteiger partial charge is 0.464 e. The van der Waals surface area contributed by atoms with Crippen LogP contribution in [0.4, 0.5) is 0 Å². The highest BCUT2D eigenvalue weighted by molar-refractivity contribution is 6.02. The number of ether oxygens (including phenoxy) is 2. The number of carbonyl (C=O) groups excluding carboxylic acids is 1. The average Bonchev–Trinajstić information content (AvgIpc) is 3.07. The van der Waals surface area contributed by atoms with Crippen molar-refractivity contribution < 1.29 is 14.3 Å². The summed E-state index contributed by atoms with van der Waals surface area (Å²) in [5, 5.41) is 5.21. The minimum Gasteiger partial charge on any atom is -0.464 e. The fourth-order valence-electron chi connectivity index (χ4n) is 2.50. The predicted octanol–water partition coefficient (Wildman–Crippen LogP) is 2.00. The molecular formula is C14H16N2O3. The Morgan fingerprint density at radius 1 is 1.53 bits per heavy atom. The molecule has 0 unspecified atom stereocenters. The molecule has 0 aliphatic carbocycles. The van der Waals surface area contributed by atoms with Crippen molar-refractivity contribution >= 4 is 16.9 Å². The number of nitrogens with zero attached hydrogens (tertiary/aromatic N) is 2. The lowest BCUT2D eigenvalue weighted by Crippen LogP contribution is -2.16. The smallest absolute Gasteiger partial charge is 0.359 e. The molecule has 1 fully saturated rings. The zero-order valence-corrected chi connectivity index (χ0v) is 10.8. The summed E-state index contributed by atoms with van der Waals surface area (Å²) in [5.74, 6) is -0.401. The highest BCUT2D eigenvalue weighted by atomic mass is 16.5. The molecule has 2 aromatic rings. The lowest BCUT2D eigenvalue weighted by atomic mass is 10.2. The van der Waals surface area contributed by atoms with Crippen molar-refractivity contribution in [2.45, 2.75) is 25.5 Å². The lowest BCUT2D eigenvalue weighted by Gasteiger charge is -2.09. The second kappa shape index (κ2) is 5.01. The number of esters is 1. The molecule has 1 saturated heterocycles. The minimum absolute atomic E-state index is 0.189. The van der Waals surface area contributed by atoms with Crippen molar-refractivity contribution in [2.24, 2.45) is 0 Å². The average molecular weight is 260 g/mol. The highest BCUT2D eigenvalue weighted by Gasteiger charge is 2.21. The Morgan fingerprint density at radius 3 is 3.11 bits per heavy atom. The Kier molecular flexibility index (Phi) is 3.21. The van der Waals surface area contributed by atoms with Crippen LogP contribution >= 0.6 is 0 Å². The molecule has 0 spiro atoms. The van der Waals surface area contributed by atoms with Gasteiger partial charge in [-0.25, -0.2) is 4.79 Å². The van der Waals surface area contributed by atoms with E-state index in [9.17, 15) is 4.79 Å². The molecule has 0 bridgehead atoms. The standard InChI is InChI=1S/C14H16N2O3/c1-18-14(17)13-11-6-2-3-7-12(11)16(15-13)9-10-5-4-8-19-10/h2-3,6-7,10H,4-5,8-9H2,1H3/t10-/m0/s1. The van der Waals surface area contributed by atoms with E-state index in [-0.39, 0.29) is 6.10 Å². The number of carbonyl (C=O) groups is 1. The lowest BCUT2D eigenvalue weighted by molar-refractivity contribution is 0.0592. The number of methoxy groups -OCH3 is 1. The number of hydrogen-bond donors (Lipinski definition) is 0. The molecule has 2 heterocycles. The van der Waals surface area contributed by atoms with Gasteiger partial charge in [-0.15, -0.1) is 0 Å². The first-order chi connectivity index (χ1) is 9.29. The van der Waals surface area contributed by atoms with Crippen LogP contribution < -0.4 is 0 Å². The van der Waals surface area contributed by atoms with E-state index in [1.165, 1.54) is 7.11 Å². The summed E-state index contributed by atoms with van der Waals surface area (Å²) < 4.78 is 12.3. The zero-order valence-electron chi connectivity index (χ0n) is 10.8. The Balaban J connectivity index is 2.01. The van der Waals surface area contributed by atoms with Crippen LogP contribution in [0, 0.1) is 0 Å². The summed E-state index contributed by atoms with van der Waals surface area (Å²) in [4.78, 5) is 11.7. The fraction of sp³-hybridized carbons (Fsp3) is 0.429. The molecule has 1 atom stereocenters. The van der Waals surface area contributed by atoms with E-state index in [2.05, 4.69) is 5.10 Å². The van der Waals surface area contributed by atoms with Crippen molar-refractivity contribution in [1.82, 2.24) is 9.78 Å². The van der Waals surface area contributed by atoms with Crippen molar-refractivity contribution in [1.29, 1.82) is 0 Å². The SMILES string of the molecule is COC(=O)c1nn(C[C@@H]2CCCO2)c2ccccc12. The maximum absolute atomic E-state index is 11.7. The molecule has 1 aromatic carbocycles. The maximum Gasteiger partial charge on any atom is 0.359 e. The fourth-order valence-corrected chi connectivity index (χ4v) is 2.50. The van der Waals surface area contributed by atoms with Crippen LogP contribution in [0.3, 0.4) is 0 Å². The molecule has 5 heteroatoms. The quantitative estimate of drug-likeness (QED) is 0.792. The third-order valence-electron chi connectivity index (χ3n) is 3.44. The first-order valence-electron chi connectivity index (χ1n) is 6.45. The van der Waals surface area contributed by atoms with Crippen molar-refractivity contribution in [3.8, 4) is 0 Å². The molecule has 0 amide bonds. The zero-order chi connectivity index (χ0) is 13.2. The van der Waals surface area contributed by atoms with Crippen LogP contribution in [-0.4, -0.2) is 35.6 Å². The molecule has 1 aromatic heterocycles. The van der Waals surface area contributed by atoms with Gasteiger partial charge >= 0.3 is 5.97 Å². The summed E-state index contributed by atoms with van der Waals surface area (Å²) in [6, 6.07) is 7.69. The molecule has 0 N–H and O–H groups in total. The summed E-state index contributed by atoms with van der Waals surface area (Å²) in [7, 11) is 1.37. The first-order valence-corrected chi connectivity index (χ1v) is 6.45. The van der Waals surface area contributed by atoms with Gasteiger partial charge in [0.15, 0.2) is 5.69 Å². The van der Waals surface area contributed by atoms with E-state index >= 15 is 0 Å². The molecule has 3 rings (SSSR count). The van der Waals surface area contributed by atoms with Gasteiger partial charge in [0.25, 0.3) is 0 Å². The minimum atomic E-state index is -0.401. The van der Waals surface area contributed by atoms with Crippen molar-refractivity contribution in [3.05, 3.63) is 30.0 Å². The van der Waals surface area contributed by atoms with Crippen LogP contribution in [0.15, 0.2) is 24.3 Å². The van der Waals surface area contributed by atoms with Gasteiger partial charge in [-0.05, 0) is 18.9 Å². The van der Waals surface area contributed by atoms with Gasteiger partial charge in [-0.2, -0.15) is 5.10 Å². The van der Waals surface area contributed by atoms with Gasteiger partial charge in [0.1, 0.15) is 0 Å². The Hall–Kier alpha value is -1.88. The molecule has 100 valence electrons. The predicted molar refractivity (Wildman–Crippen MR) is 70.0 cm³/mol. The van der Waals surface area contributed by atoms with E-state index in [0.717, 1.165) is 30.4 Å². The highest BCUT2D eigenvalue weighted by Crippen LogP contribution is 2.21. The van der Waals surface area contributed by atoms with Gasteiger partial charge in [-0.1, -0.05) is 18.2 Å². The molecule has 19 heavy (non-hydrogen) atoms. The Bertz CT molecular complexity index is 600. The molecule has 5 nitrogen and oxygen atoms in total. The second-order valence-corrected chi connectivity index (χ2v) is 4.67. The summed E-state index contributed by atoms with van der Waals surface area (Å²) in [5.41, 5.74) is 1.31. The number of fused-ring (bicyclic) bond motifs is 1. The number of rotatable bonds is 3. The van der Waals surface area contributed by atoms with Crippen LogP contribution in [0.1, 0.15) is 23.3 Å². The van der Waals surface area contributed by atoms with E-state index in [1.54, 1.807) is 0 Å². The third-order valence-corrected chi connectivity index (χ3v) is 3.44. The van der Waals surface area contributed by atoms with Gasteiger partial charge < -0.3 is 9.47 Å². The molecule has 0 radical (unpaired) electrons. The normalized spacial score (nSPS) is 18.9.